The fraction of sp³-hybridized carbons (Fsp3) is 0.448. The van der Waals surface area contributed by atoms with Crippen LogP contribution in [0.5, 0.6) is 0 Å². The van der Waals surface area contributed by atoms with Crippen molar-refractivity contribution in [2.75, 3.05) is 0 Å². The topological polar surface area (TPSA) is 41.6 Å². The molecule has 33 heavy (non-hydrogen) atoms. The predicted octanol–water partition coefficient (Wildman–Crippen LogP) is 8.59. The molecule has 0 aliphatic rings. The largest absolute Gasteiger partial charge is 0.293 e. The molecule has 178 valence electrons. The lowest BCUT2D eigenvalue weighted by Gasteiger charge is -2.52. The minimum Gasteiger partial charge on any atom is -0.293 e. The van der Waals surface area contributed by atoms with E-state index in [0.29, 0.717) is 21.3 Å². The van der Waals surface area contributed by atoms with E-state index in [1.54, 1.807) is 0 Å². The van der Waals surface area contributed by atoms with Crippen LogP contribution in [0.25, 0.3) is 16.6 Å². The second kappa shape index (κ2) is 11.1. The Bertz CT molecular complexity index is 1100. The van der Waals surface area contributed by atoms with Crippen LogP contribution in [0.4, 0.5) is 0 Å². The van der Waals surface area contributed by atoms with Gasteiger partial charge in [-0.2, -0.15) is 15.5 Å². The number of rotatable bonds is 10. The minimum atomic E-state index is -1.25. The lowest BCUT2D eigenvalue weighted by molar-refractivity contribution is 0.911. The van der Waals surface area contributed by atoms with Crippen molar-refractivity contribution in [2.45, 2.75) is 84.0 Å². The number of nitriles is 1. The Morgan fingerprint density at radius 3 is 2.24 bits per heavy atom. The lowest BCUT2D eigenvalue weighted by Crippen LogP contribution is -2.34. The van der Waals surface area contributed by atoms with Gasteiger partial charge in [0.1, 0.15) is 5.65 Å². The molecule has 2 rings (SSSR count). The summed E-state index contributed by atoms with van der Waals surface area (Å²) in [5, 5.41) is 12.4. The van der Waals surface area contributed by atoms with Crippen LogP contribution in [0, 0.1) is 11.3 Å². The number of allylic oxidation sites excluding steroid dienone is 6. The van der Waals surface area contributed by atoms with E-state index in [2.05, 4.69) is 83.9 Å². The summed E-state index contributed by atoms with van der Waals surface area (Å²) in [6.07, 6.45) is 9.67. The van der Waals surface area contributed by atoms with Crippen molar-refractivity contribution < 1.29 is 0 Å². The highest BCUT2D eigenvalue weighted by atomic mass is 32.3. The van der Waals surface area contributed by atoms with Gasteiger partial charge in [-0.1, -0.05) is 80.2 Å². The van der Waals surface area contributed by atoms with E-state index in [9.17, 15) is 5.26 Å². The maximum Gasteiger partial charge on any atom is 0.149 e. The third-order valence-electron chi connectivity index (χ3n) is 6.55. The molecule has 0 N–H and O–H groups in total. The van der Waals surface area contributed by atoms with Crippen molar-refractivity contribution in [3.8, 4) is 6.07 Å². The second-order valence-electron chi connectivity index (χ2n) is 9.25. The molecule has 4 heteroatoms. The van der Waals surface area contributed by atoms with E-state index >= 15 is 0 Å². The summed E-state index contributed by atoms with van der Waals surface area (Å²) < 4.78 is 2.49. The zero-order valence-corrected chi connectivity index (χ0v) is 22.6. The molecule has 0 atom stereocenters. The van der Waals surface area contributed by atoms with Gasteiger partial charge in [-0.25, -0.2) is 4.98 Å². The van der Waals surface area contributed by atoms with Crippen molar-refractivity contribution in [1.29, 1.82) is 5.26 Å². The fourth-order valence-corrected chi connectivity index (χ4v) is 10.7. The summed E-state index contributed by atoms with van der Waals surface area (Å²) in [4.78, 5) is 4.87. The van der Waals surface area contributed by atoms with Crippen LogP contribution in [0.3, 0.4) is 0 Å². The van der Waals surface area contributed by atoms with Gasteiger partial charge in [-0.3, -0.25) is 3.97 Å². The number of pyridine rings is 1. The second-order valence-corrected chi connectivity index (χ2v) is 13.9. The molecule has 2 aromatic heterocycles. The standard InChI is InChI=1S/C29H41N3S/c1-11-15-26(24(12-2)18-30)25(13-3)23(10)28-19-32(29-27(28)16-14-17-31-29)33(20(4)5,21(6)7)22(8)9/h12-14,16-17,19-22H,3,10-11,15H2,1-2,4-9H3/b24-12-,26-25+. The summed E-state index contributed by atoms with van der Waals surface area (Å²) in [5.41, 5.74) is 5.67. The highest BCUT2D eigenvalue weighted by molar-refractivity contribution is 8.33. The van der Waals surface area contributed by atoms with Crippen molar-refractivity contribution in [1.82, 2.24) is 8.96 Å². The number of fused-ring (bicyclic) bond motifs is 1. The van der Waals surface area contributed by atoms with Gasteiger partial charge >= 0.3 is 0 Å². The van der Waals surface area contributed by atoms with E-state index in [-0.39, 0.29) is 0 Å². The maximum atomic E-state index is 9.76. The number of aromatic nitrogens is 2. The summed E-state index contributed by atoms with van der Waals surface area (Å²) >= 11 is 0. The first-order chi connectivity index (χ1) is 15.6. The van der Waals surface area contributed by atoms with Crippen LogP contribution >= 0.6 is 10.2 Å². The van der Waals surface area contributed by atoms with Gasteiger partial charge in [0.25, 0.3) is 0 Å². The van der Waals surface area contributed by atoms with E-state index in [1.807, 2.05) is 31.3 Å². The smallest absolute Gasteiger partial charge is 0.149 e. The highest BCUT2D eigenvalue weighted by Gasteiger charge is 2.38. The van der Waals surface area contributed by atoms with Crippen LogP contribution in [-0.4, -0.2) is 24.7 Å². The predicted molar refractivity (Wildman–Crippen MR) is 149 cm³/mol. The molecule has 2 heterocycles. The first-order valence-corrected chi connectivity index (χ1v) is 13.8. The molecule has 0 aliphatic carbocycles. The van der Waals surface area contributed by atoms with E-state index < -0.39 is 10.2 Å². The van der Waals surface area contributed by atoms with Gasteiger partial charge in [0.15, 0.2) is 0 Å². The molecule has 0 radical (unpaired) electrons. The quantitative estimate of drug-likeness (QED) is 0.261. The van der Waals surface area contributed by atoms with Crippen LogP contribution in [0.15, 0.2) is 66.6 Å². The Balaban J connectivity index is 2.93. The molecule has 0 aromatic carbocycles. The normalized spacial score (nSPS) is 14.1. The Morgan fingerprint density at radius 1 is 1.18 bits per heavy atom. The fourth-order valence-electron chi connectivity index (χ4n) is 5.37. The molecular weight excluding hydrogens is 422 g/mol. The van der Waals surface area contributed by atoms with Crippen molar-refractivity contribution >= 4 is 26.8 Å². The molecule has 0 aliphatic heterocycles. The molecule has 3 nitrogen and oxygen atoms in total. The summed E-state index contributed by atoms with van der Waals surface area (Å²) in [7, 11) is -1.25. The van der Waals surface area contributed by atoms with Crippen molar-refractivity contribution in [2.24, 2.45) is 0 Å². The molecule has 0 saturated heterocycles. The summed E-state index contributed by atoms with van der Waals surface area (Å²) in [5.74, 6) is 0. The molecule has 0 saturated carbocycles. The summed E-state index contributed by atoms with van der Waals surface area (Å²) in [6.45, 7) is 26.8. The van der Waals surface area contributed by atoms with E-state index in [0.717, 1.165) is 46.2 Å². The first-order valence-electron chi connectivity index (χ1n) is 12.0. The van der Waals surface area contributed by atoms with Gasteiger partial charge in [0.2, 0.25) is 0 Å². The average Bonchev–Trinajstić information content (AvgIpc) is 3.14. The molecule has 0 spiro atoms. The van der Waals surface area contributed by atoms with Crippen LogP contribution < -0.4 is 0 Å². The van der Waals surface area contributed by atoms with Gasteiger partial charge < -0.3 is 0 Å². The summed E-state index contributed by atoms with van der Waals surface area (Å²) in [6, 6.07) is 6.51. The number of nitrogens with zero attached hydrogens (tertiary/aromatic N) is 3. The van der Waals surface area contributed by atoms with Gasteiger partial charge in [-0.05, 0) is 42.2 Å². The zero-order chi connectivity index (χ0) is 24.9. The molecular formula is C29H41N3S. The third-order valence-corrected chi connectivity index (χ3v) is 12.0. The van der Waals surface area contributed by atoms with Gasteiger partial charge in [-0.15, -0.1) is 0 Å². The van der Waals surface area contributed by atoms with Gasteiger partial charge in [0.05, 0.1) is 11.6 Å². The van der Waals surface area contributed by atoms with Crippen LogP contribution in [0.1, 0.15) is 73.8 Å². The van der Waals surface area contributed by atoms with Crippen molar-refractivity contribution in [3.63, 3.8) is 0 Å². The van der Waals surface area contributed by atoms with Crippen LogP contribution in [0.2, 0.25) is 0 Å². The number of hydrogen-bond donors (Lipinski definition) is 0. The van der Waals surface area contributed by atoms with Crippen molar-refractivity contribution in [3.05, 3.63) is 72.1 Å². The molecule has 0 fully saturated rings. The maximum absolute atomic E-state index is 9.76. The van der Waals surface area contributed by atoms with Gasteiger partial charge in [0, 0.05) is 39.1 Å². The third kappa shape index (κ3) is 4.62. The van der Waals surface area contributed by atoms with Crippen LogP contribution in [-0.2, 0) is 0 Å². The Kier molecular flexibility index (Phi) is 8.97. The molecule has 2 aromatic rings. The molecule has 0 bridgehead atoms. The minimum absolute atomic E-state index is 0.495. The Morgan fingerprint density at radius 2 is 1.79 bits per heavy atom. The van der Waals surface area contributed by atoms with E-state index in [1.165, 1.54) is 0 Å². The zero-order valence-electron chi connectivity index (χ0n) is 21.8. The van der Waals surface area contributed by atoms with E-state index in [4.69, 9.17) is 4.98 Å². The Labute approximate surface area is 203 Å². The number of hydrogen-bond acceptors (Lipinski definition) is 2. The SMILES string of the molecule is C=C/C(C(=C)c1cn(S(C(C)C)(C(C)C)C(C)C)c2ncccc12)=C(CCC)\C(C#N)=C/C. The highest BCUT2D eigenvalue weighted by Crippen LogP contribution is 2.62. The average molecular weight is 464 g/mol. The molecule has 0 unspecified atom stereocenters. The first kappa shape index (κ1) is 26.7. The lowest BCUT2D eigenvalue weighted by atomic mass is 9.89. The monoisotopic (exact) mass is 463 g/mol. The Hall–Kier alpha value is -2.51. The molecule has 0 amide bonds.